The van der Waals surface area contributed by atoms with E-state index in [1.54, 1.807) is 30.2 Å². The molecule has 3 heterocycles. The van der Waals surface area contributed by atoms with Crippen LogP contribution in [0.1, 0.15) is 58.0 Å². The zero-order valence-electron chi connectivity index (χ0n) is 18.8. The van der Waals surface area contributed by atoms with Crippen molar-refractivity contribution in [2.45, 2.75) is 42.2 Å². The van der Waals surface area contributed by atoms with E-state index in [1.165, 1.54) is 5.56 Å². The summed E-state index contributed by atoms with van der Waals surface area (Å²) in [6, 6.07) is 13.1. The molecule has 1 aromatic heterocycles. The Kier molecular flexibility index (Phi) is 4.95. The average molecular weight is 476 g/mol. The molecule has 2 aliphatic heterocycles. The number of piperidine rings is 1. The van der Waals surface area contributed by atoms with Crippen molar-refractivity contribution >= 4 is 35.3 Å². The lowest BCUT2D eigenvalue weighted by molar-refractivity contribution is -0.0247. The smallest absolute Gasteiger partial charge is 0.272 e. The maximum absolute atomic E-state index is 13.5. The maximum atomic E-state index is 13.5. The molecule has 1 saturated heterocycles. The molecule has 1 aliphatic carbocycles. The van der Waals surface area contributed by atoms with Gasteiger partial charge in [-0.15, -0.1) is 12.6 Å². The minimum atomic E-state index is -0.813. The molecule has 2 amide bonds. The topological polar surface area (TPSA) is 80.8 Å². The first-order valence-electron chi connectivity index (χ1n) is 11.6. The van der Waals surface area contributed by atoms with Crippen LogP contribution in [0.4, 0.5) is 0 Å². The third-order valence-corrected chi connectivity index (χ3v) is 7.28. The van der Waals surface area contributed by atoms with Gasteiger partial charge in [0.1, 0.15) is 17.2 Å². The number of carbonyl (C=O) groups excluding carboxylic acids is 2. The van der Waals surface area contributed by atoms with Gasteiger partial charge in [0.05, 0.1) is 18.2 Å². The number of aromatic nitrogens is 1. The fraction of sp³-hybridized carbons (Fsp3) is 0.346. The minimum Gasteiger partial charge on any atom is -0.496 e. The van der Waals surface area contributed by atoms with Gasteiger partial charge < -0.3 is 19.7 Å². The number of ether oxygens (including phenoxy) is 2. The summed E-state index contributed by atoms with van der Waals surface area (Å²) in [4.78, 5) is 33.4. The van der Waals surface area contributed by atoms with Crippen LogP contribution in [0, 0.1) is 0 Å². The van der Waals surface area contributed by atoms with Crippen LogP contribution in [-0.2, 0) is 0 Å². The summed E-state index contributed by atoms with van der Waals surface area (Å²) >= 11 is 4.31. The molecule has 0 atom stereocenters. The molecular formula is C26H25N3O4S. The highest BCUT2D eigenvalue weighted by Gasteiger charge is 2.43. The second kappa shape index (κ2) is 7.91. The van der Waals surface area contributed by atoms with Crippen LogP contribution in [0.25, 0.3) is 10.9 Å². The van der Waals surface area contributed by atoms with Crippen molar-refractivity contribution in [3.05, 3.63) is 59.3 Å². The number of pyridine rings is 1. The van der Waals surface area contributed by atoms with Gasteiger partial charge in [0.15, 0.2) is 5.72 Å². The SMILES string of the molecule is COc1cc(C(=O)N2CCC3(CC2)NC(=O)c2cc(S)ccc2O3)nc2c(C3CC3)cccc12. The molecule has 3 aromatic rings. The summed E-state index contributed by atoms with van der Waals surface area (Å²) in [7, 11) is 1.62. The Morgan fingerprint density at radius 1 is 1.21 bits per heavy atom. The van der Waals surface area contributed by atoms with Crippen molar-refractivity contribution in [3.8, 4) is 11.5 Å². The number of hydrogen-bond acceptors (Lipinski definition) is 6. The molecule has 3 aliphatic rings. The van der Waals surface area contributed by atoms with Gasteiger partial charge in [-0.1, -0.05) is 12.1 Å². The molecule has 2 fully saturated rings. The molecule has 0 radical (unpaired) electrons. The number of carbonyl (C=O) groups is 2. The van der Waals surface area contributed by atoms with E-state index in [0.717, 1.165) is 23.7 Å². The molecule has 0 unspecified atom stereocenters. The predicted molar refractivity (Wildman–Crippen MR) is 130 cm³/mol. The second-order valence-electron chi connectivity index (χ2n) is 9.25. The molecular weight excluding hydrogens is 450 g/mol. The first-order chi connectivity index (χ1) is 16.5. The standard InChI is InChI=1S/C26H25N3O4S/c1-32-22-14-20(27-23-17(15-5-6-15)3-2-4-18(22)23)25(31)29-11-9-26(10-12-29)28-24(30)19-13-16(34)7-8-21(19)33-26/h2-4,7-8,13-15,34H,5-6,9-12H2,1H3,(H,28,30). The van der Waals surface area contributed by atoms with E-state index in [9.17, 15) is 9.59 Å². The van der Waals surface area contributed by atoms with Crippen LogP contribution in [-0.4, -0.2) is 47.6 Å². The molecule has 0 bridgehead atoms. The maximum Gasteiger partial charge on any atom is 0.272 e. The lowest BCUT2D eigenvalue weighted by Crippen LogP contribution is -2.61. The van der Waals surface area contributed by atoms with Crippen LogP contribution in [0.3, 0.4) is 0 Å². The number of para-hydroxylation sites is 1. The number of benzene rings is 2. The van der Waals surface area contributed by atoms with Gasteiger partial charge in [0.2, 0.25) is 0 Å². The summed E-state index contributed by atoms with van der Waals surface area (Å²) in [6.45, 7) is 0.900. The number of amides is 2. The lowest BCUT2D eigenvalue weighted by atomic mass is 9.96. The van der Waals surface area contributed by atoms with Crippen LogP contribution >= 0.6 is 12.6 Å². The molecule has 174 valence electrons. The second-order valence-corrected chi connectivity index (χ2v) is 9.77. The minimum absolute atomic E-state index is 0.136. The van der Waals surface area contributed by atoms with E-state index in [4.69, 9.17) is 14.5 Å². The molecule has 1 N–H and O–H groups in total. The van der Waals surface area contributed by atoms with Gasteiger partial charge in [-0.3, -0.25) is 9.59 Å². The fourth-order valence-corrected chi connectivity index (χ4v) is 5.20. The highest BCUT2D eigenvalue weighted by Crippen LogP contribution is 2.44. The van der Waals surface area contributed by atoms with E-state index in [1.807, 2.05) is 18.2 Å². The van der Waals surface area contributed by atoms with E-state index in [2.05, 4.69) is 24.0 Å². The van der Waals surface area contributed by atoms with Crippen molar-refractivity contribution in [2.24, 2.45) is 0 Å². The Labute approximate surface area is 202 Å². The van der Waals surface area contributed by atoms with Gasteiger partial charge in [0, 0.05) is 42.3 Å². The van der Waals surface area contributed by atoms with Crippen molar-refractivity contribution in [3.63, 3.8) is 0 Å². The van der Waals surface area contributed by atoms with Crippen molar-refractivity contribution in [1.29, 1.82) is 0 Å². The number of nitrogens with one attached hydrogen (secondary N) is 1. The first kappa shape index (κ1) is 21.3. The van der Waals surface area contributed by atoms with Gasteiger partial charge in [-0.2, -0.15) is 0 Å². The molecule has 1 spiro atoms. The number of likely N-dealkylation sites (tertiary alicyclic amines) is 1. The molecule has 1 saturated carbocycles. The summed E-state index contributed by atoms with van der Waals surface area (Å²) in [5.74, 6) is 1.41. The van der Waals surface area contributed by atoms with Crippen molar-refractivity contribution in [2.75, 3.05) is 20.2 Å². The number of hydrogen-bond donors (Lipinski definition) is 2. The van der Waals surface area contributed by atoms with Gasteiger partial charge in [-0.25, -0.2) is 4.98 Å². The monoisotopic (exact) mass is 475 g/mol. The fourth-order valence-electron chi connectivity index (χ4n) is 5.00. The van der Waals surface area contributed by atoms with Crippen molar-refractivity contribution < 1.29 is 19.1 Å². The van der Waals surface area contributed by atoms with E-state index < -0.39 is 5.72 Å². The summed E-state index contributed by atoms with van der Waals surface area (Å²) in [5.41, 5.74) is 2.09. The van der Waals surface area contributed by atoms with Crippen molar-refractivity contribution in [1.82, 2.24) is 15.2 Å². The summed E-state index contributed by atoms with van der Waals surface area (Å²) < 4.78 is 11.8. The molecule has 7 nitrogen and oxygen atoms in total. The van der Waals surface area contributed by atoms with E-state index in [-0.39, 0.29) is 11.8 Å². The summed E-state index contributed by atoms with van der Waals surface area (Å²) in [6.07, 6.45) is 3.29. The Hall–Kier alpha value is -3.26. The van der Waals surface area contributed by atoms with E-state index in [0.29, 0.717) is 59.5 Å². The first-order valence-corrected chi connectivity index (χ1v) is 12.0. The molecule has 8 heteroatoms. The molecule has 6 rings (SSSR count). The van der Waals surface area contributed by atoms with Gasteiger partial charge >= 0.3 is 0 Å². The Bertz CT molecular complexity index is 1330. The highest BCUT2D eigenvalue weighted by atomic mass is 32.1. The van der Waals surface area contributed by atoms with Crippen LogP contribution in [0.2, 0.25) is 0 Å². The quantitative estimate of drug-likeness (QED) is 0.556. The average Bonchev–Trinajstić information content (AvgIpc) is 3.69. The van der Waals surface area contributed by atoms with Gasteiger partial charge in [0.25, 0.3) is 11.8 Å². The molecule has 34 heavy (non-hydrogen) atoms. The number of rotatable bonds is 3. The number of fused-ring (bicyclic) bond motifs is 2. The Morgan fingerprint density at radius 2 is 2.00 bits per heavy atom. The lowest BCUT2D eigenvalue weighted by Gasteiger charge is -2.44. The van der Waals surface area contributed by atoms with E-state index >= 15 is 0 Å². The zero-order valence-corrected chi connectivity index (χ0v) is 19.7. The molecule has 2 aromatic carbocycles. The summed E-state index contributed by atoms with van der Waals surface area (Å²) in [5, 5.41) is 3.95. The largest absolute Gasteiger partial charge is 0.496 e. The van der Waals surface area contributed by atoms with Crippen LogP contribution in [0.5, 0.6) is 11.5 Å². The van der Waals surface area contributed by atoms with Crippen LogP contribution < -0.4 is 14.8 Å². The number of nitrogens with zero attached hydrogens (tertiary/aromatic N) is 2. The number of methoxy groups -OCH3 is 1. The predicted octanol–water partition coefficient (Wildman–Crippen LogP) is 4.16. The third-order valence-electron chi connectivity index (χ3n) is 7.00. The Morgan fingerprint density at radius 3 is 2.74 bits per heavy atom. The Balaban J connectivity index is 1.25. The normalized spacial score (nSPS) is 18.9. The highest BCUT2D eigenvalue weighted by molar-refractivity contribution is 7.80. The van der Waals surface area contributed by atoms with Gasteiger partial charge in [-0.05, 0) is 48.6 Å². The number of thiol groups is 1. The zero-order chi connectivity index (χ0) is 23.4. The van der Waals surface area contributed by atoms with Crippen LogP contribution in [0.15, 0.2) is 47.4 Å². The third kappa shape index (κ3) is 3.57.